The summed E-state index contributed by atoms with van der Waals surface area (Å²) < 4.78 is 5.34. The van der Waals surface area contributed by atoms with Gasteiger partial charge in [-0.3, -0.25) is 9.59 Å². The van der Waals surface area contributed by atoms with Crippen LogP contribution in [0.15, 0.2) is 30.3 Å². The largest absolute Gasteiger partial charge is 0.378 e. The molecule has 2 aliphatic rings. The van der Waals surface area contributed by atoms with Crippen molar-refractivity contribution < 1.29 is 14.3 Å². The molecular weight excluding hydrogens is 362 g/mol. The quantitative estimate of drug-likeness (QED) is 0.815. The number of amides is 2. The minimum absolute atomic E-state index is 0.0506. The minimum atomic E-state index is -0.364. The molecule has 142 valence electrons. The van der Waals surface area contributed by atoms with Crippen LogP contribution in [0.2, 0.25) is 0 Å². The van der Waals surface area contributed by atoms with Gasteiger partial charge in [-0.05, 0) is 19.8 Å². The van der Waals surface area contributed by atoms with Crippen LogP contribution in [0.4, 0.5) is 0 Å². The van der Waals surface area contributed by atoms with E-state index in [1.54, 1.807) is 4.90 Å². The monoisotopic (exact) mass is 385 g/mol. The van der Waals surface area contributed by atoms with Gasteiger partial charge in [-0.25, -0.2) is 4.98 Å². The van der Waals surface area contributed by atoms with E-state index in [0.717, 1.165) is 29.1 Å². The minimum Gasteiger partial charge on any atom is -0.378 e. The Morgan fingerprint density at radius 3 is 2.63 bits per heavy atom. The van der Waals surface area contributed by atoms with Gasteiger partial charge in [-0.2, -0.15) is 0 Å². The summed E-state index contributed by atoms with van der Waals surface area (Å²) in [6.45, 7) is 4.84. The summed E-state index contributed by atoms with van der Waals surface area (Å²) in [5.41, 5.74) is 1.74. The second-order valence-corrected chi connectivity index (χ2v) is 7.89. The fraction of sp³-hybridized carbons (Fsp3) is 0.450. The molecule has 7 heteroatoms. The molecule has 0 spiro atoms. The molecule has 2 amide bonds. The van der Waals surface area contributed by atoms with Gasteiger partial charge in [0, 0.05) is 25.2 Å². The molecule has 0 radical (unpaired) electrons. The van der Waals surface area contributed by atoms with Crippen molar-refractivity contribution in [1.29, 1.82) is 0 Å². The van der Waals surface area contributed by atoms with Crippen LogP contribution >= 0.6 is 11.3 Å². The Balaban J connectivity index is 1.55. The third kappa shape index (κ3) is 3.61. The lowest BCUT2D eigenvalue weighted by Gasteiger charge is -2.32. The van der Waals surface area contributed by atoms with E-state index in [0.29, 0.717) is 37.7 Å². The second-order valence-electron chi connectivity index (χ2n) is 6.89. The van der Waals surface area contributed by atoms with Crippen LogP contribution in [-0.4, -0.2) is 65.5 Å². The third-order valence-electron chi connectivity index (χ3n) is 5.13. The highest BCUT2D eigenvalue weighted by molar-refractivity contribution is 7.17. The lowest BCUT2D eigenvalue weighted by Crippen LogP contribution is -2.51. The van der Waals surface area contributed by atoms with Crippen molar-refractivity contribution in [3.63, 3.8) is 0 Å². The van der Waals surface area contributed by atoms with Gasteiger partial charge in [0.15, 0.2) is 0 Å². The number of hydrogen-bond donors (Lipinski definition) is 0. The first-order valence-electron chi connectivity index (χ1n) is 9.35. The number of aromatic nitrogens is 1. The van der Waals surface area contributed by atoms with Gasteiger partial charge in [0.2, 0.25) is 5.91 Å². The Labute approximate surface area is 162 Å². The average molecular weight is 385 g/mol. The van der Waals surface area contributed by atoms with E-state index in [1.165, 1.54) is 11.3 Å². The summed E-state index contributed by atoms with van der Waals surface area (Å²) in [5.74, 6) is -0.0223. The average Bonchev–Trinajstić information content (AvgIpc) is 3.35. The third-order valence-corrected chi connectivity index (χ3v) is 6.33. The van der Waals surface area contributed by atoms with Gasteiger partial charge in [-0.1, -0.05) is 30.3 Å². The van der Waals surface area contributed by atoms with Crippen LogP contribution in [0.1, 0.15) is 28.2 Å². The predicted molar refractivity (Wildman–Crippen MR) is 104 cm³/mol. The van der Waals surface area contributed by atoms with Gasteiger partial charge in [0.05, 0.1) is 18.9 Å². The zero-order chi connectivity index (χ0) is 18.8. The summed E-state index contributed by atoms with van der Waals surface area (Å²) in [6, 6.07) is 9.51. The maximum atomic E-state index is 13.2. The normalized spacial score (nSPS) is 20.1. The SMILES string of the molecule is Cc1nc(-c2ccccc2)sc1C(=O)N1CCC[C@@H]1C(=O)N1CCOCC1. The molecule has 6 nitrogen and oxygen atoms in total. The number of morpholine rings is 1. The standard InChI is InChI=1S/C20H23N3O3S/c1-14-17(27-18(21-14)15-6-3-2-4-7-15)20(25)23-9-5-8-16(23)19(24)22-10-12-26-13-11-22/h2-4,6-7,16H,5,8-13H2,1H3/t16-/m1/s1. The maximum absolute atomic E-state index is 13.2. The van der Waals surface area contributed by atoms with E-state index < -0.39 is 0 Å². The van der Waals surface area contributed by atoms with Crippen molar-refractivity contribution in [3.05, 3.63) is 40.9 Å². The number of likely N-dealkylation sites (tertiary alicyclic amines) is 1. The number of hydrogen-bond acceptors (Lipinski definition) is 5. The van der Waals surface area contributed by atoms with Crippen LogP contribution in [0.25, 0.3) is 10.6 Å². The van der Waals surface area contributed by atoms with Crippen molar-refractivity contribution in [2.45, 2.75) is 25.8 Å². The van der Waals surface area contributed by atoms with Gasteiger partial charge < -0.3 is 14.5 Å². The van der Waals surface area contributed by atoms with Gasteiger partial charge in [-0.15, -0.1) is 11.3 Å². The lowest BCUT2D eigenvalue weighted by molar-refractivity contribution is -0.139. The number of carbonyl (C=O) groups is 2. The smallest absolute Gasteiger partial charge is 0.266 e. The Bertz CT molecular complexity index is 830. The summed E-state index contributed by atoms with van der Waals surface area (Å²) in [4.78, 5) is 34.9. The molecule has 1 aromatic carbocycles. The molecule has 2 aromatic rings. The van der Waals surface area contributed by atoms with Crippen molar-refractivity contribution in [1.82, 2.24) is 14.8 Å². The summed E-state index contributed by atoms with van der Waals surface area (Å²) in [7, 11) is 0. The first kappa shape index (κ1) is 18.1. The lowest BCUT2D eigenvalue weighted by atomic mass is 10.1. The van der Waals surface area contributed by atoms with E-state index in [-0.39, 0.29) is 17.9 Å². The Morgan fingerprint density at radius 1 is 1.15 bits per heavy atom. The highest BCUT2D eigenvalue weighted by atomic mass is 32.1. The topological polar surface area (TPSA) is 62.7 Å². The molecule has 0 aliphatic carbocycles. The van der Waals surface area contributed by atoms with Crippen LogP contribution in [0.5, 0.6) is 0 Å². The predicted octanol–water partition coefficient (Wildman–Crippen LogP) is 2.58. The number of nitrogens with zero attached hydrogens (tertiary/aromatic N) is 3. The van der Waals surface area contributed by atoms with Crippen LogP contribution < -0.4 is 0 Å². The van der Waals surface area contributed by atoms with Crippen LogP contribution in [0, 0.1) is 6.92 Å². The molecule has 0 N–H and O–H groups in total. The Kier molecular flexibility index (Phi) is 5.22. The molecule has 27 heavy (non-hydrogen) atoms. The number of benzene rings is 1. The molecule has 4 rings (SSSR count). The fourth-order valence-corrected chi connectivity index (χ4v) is 4.72. The molecule has 1 atom stereocenters. The fourth-order valence-electron chi connectivity index (χ4n) is 3.69. The highest BCUT2D eigenvalue weighted by Gasteiger charge is 2.38. The van der Waals surface area contributed by atoms with Gasteiger partial charge in [0.1, 0.15) is 15.9 Å². The maximum Gasteiger partial charge on any atom is 0.266 e. The zero-order valence-corrected chi connectivity index (χ0v) is 16.2. The van der Waals surface area contributed by atoms with Crippen LogP contribution in [0.3, 0.4) is 0 Å². The van der Waals surface area contributed by atoms with E-state index >= 15 is 0 Å². The summed E-state index contributed by atoms with van der Waals surface area (Å²) in [5, 5.41) is 0.840. The molecule has 0 saturated carbocycles. The molecular formula is C20H23N3O3S. The van der Waals surface area contributed by atoms with Gasteiger partial charge in [0.25, 0.3) is 5.91 Å². The first-order valence-corrected chi connectivity index (χ1v) is 10.2. The van der Waals surface area contributed by atoms with E-state index in [2.05, 4.69) is 4.98 Å². The van der Waals surface area contributed by atoms with Crippen molar-refractivity contribution in [2.75, 3.05) is 32.8 Å². The zero-order valence-electron chi connectivity index (χ0n) is 15.4. The number of rotatable bonds is 3. The molecule has 2 aliphatic heterocycles. The molecule has 0 unspecified atom stereocenters. The Hall–Kier alpha value is -2.25. The molecule has 0 bridgehead atoms. The molecule has 2 saturated heterocycles. The number of ether oxygens (including phenoxy) is 1. The van der Waals surface area contributed by atoms with Crippen molar-refractivity contribution >= 4 is 23.2 Å². The molecule has 3 heterocycles. The van der Waals surface area contributed by atoms with Crippen molar-refractivity contribution in [3.8, 4) is 10.6 Å². The van der Waals surface area contributed by atoms with E-state index in [1.807, 2.05) is 42.2 Å². The number of carbonyl (C=O) groups excluding carboxylic acids is 2. The van der Waals surface area contributed by atoms with E-state index in [9.17, 15) is 9.59 Å². The summed E-state index contributed by atoms with van der Waals surface area (Å²) in [6.07, 6.45) is 1.58. The first-order chi connectivity index (χ1) is 13.1. The second kappa shape index (κ2) is 7.78. The number of aryl methyl sites for hydroxylation is 1. The number of thiazole rings is 1. The van der Waals surface area contributed by atoms with Crippen LogP contribution in [-0.2, 0) is 9.53 Å². The molecule has 2 fully saturated rings. The Morgan fingerprint density at radius 2 is 1.89 bits per heavy atom. The molecule has 1 aromatic heterocycles. The van der Waals surface area contributed by atoms with Gasteiger partial charge >= 0.3 is 0 Å². The highest BCUT2D eigenvalue weighted by Crippen LogP contribution is 2.31. The van der Waals surface area contributed by atoms with Crippen molar-refractivity contribution in [2.24, 2.45) is 0 Å². The summed E-state index contributed by atoms with van der Waals surface area (Å²) >= 11 is 1.41. The van der Waals surface area contributed by atoms with E-state index in [4.69, 9.17) is 4.74 Å².